The molecule has 0 aliphatic carbocycles. The Morgan fingerprint density at radius 1 is 1.27 bits per heavy atom. The second-order valence-electron chi connectivity index (χ2n) is 7.06. The van der Waals surface area contributed by atoms with Crippen LogP contribution in [0.25, 0.3) is 5.69 Å². The van der Waals surface area contributed by atoms with Crippen LogP contribution >= 0.6 is 11.6 Å². The van der Waals surface area contributed by atoms with Gasteiger partial charge in [-0.25, -0.2) is 4.68 Å². The molecule has 3 heterocycles. The Morgan fingerprint density at radius 2 is 2.00 bits per heavy atom. The fraction of sp³-hybridized carbons (Fsp3) is 0.368. The van der Waals surface area contributed by atoms with Gasteiger partial charge in [-0.05, 0) is 44.0 Å². The Hall–Kier alpha value is -2.88. The van der Waals surface area contributed by atoms with Crippen LogP contribution in [0.4, 0.5) is 13.2 Å². The van der Waals surface area contributed by atoms with Crippen LogP contribution in [0, 0.1) is 6.92 Å². The lowest BCUT2D eigenvalue weighted by molar-refractivity contribution is -0.143. The monoisotopic (exact) mass is 439 g/mol. The summed E-state index contributed by atoms with van der Waals surface area (Å²) in [7, 11) is 0. The van der Waals surface area contributed by atoms with E-state index >= 15 is 0 Å². The molecular weight excluding hydrogens is 423 g/mol. The fourth-order valence-corrected chi connectivity index (χ4v) is 3.69. The molecule has 1 saturated heterocycles. The average Bonchev–Trinajstić information content (AvgIpc) is 3.35. The van der Waals surface area contributed by atoms with Crippen molar-refractivity contribution in [2.75, 3.05) is 13.1 Å². The Balaban J connectivity index is 1.66. The minimum Gasteiger partial charge on any atom is -0.339 e. The highest BCUT2D eigenvalue weighted by Gasteiger charge is 2.42. The first kappa shape index (κ1) is 20.4. The maximum Gasteiger partial charge on any atom is 0.434 e. The van der Waals surface area contributed by atoms with Crippen molar-refractivity contribution in [3.63, 3.8) is 0 Å². The van der Waals surface area contributed by atoms with Gasteiger partial charge in [-0.2, -0.15) is 23.3 Å². The van der Waals surface area contributed by atoms with Crippen LogP contribution in [-0.2, 0) is 6.18 Å². The summed E-state index contributed by atoms with van der Waals surface area (Å²) in [5, 5.41) is 7.97. The van der Waals surface area contributed by atoms with E-state index in [9.17, 15) is 18.0 Å². The lowest BCUT2D eigenvalue weighted by Gasteiger charge is -2.31. The quantitative estimate of drug-likeness (QED) is 0.609. The van der Waals surface area contributed by atoms with E-state index in [2.05, 4.69) is 15.2 Å². The van der Waals surface area contributed by atoms with Crippen LogP contribution in [0.2, 0.25) is 5.02 Å². The summed E-state index contributed by atoms with van der Waals surface area (Å²) < 4.78 is 47.6. The molecule has 1 fully saturated rings. The number of benzene rings is 1. The predicted molar refractivity (Wildman–Crippen MR) is 100 cm³/mol. The van der Waals surface area contributed by atoms with Crippen molar-refractivity contribution < 1.29 is 22.5 Å². The summed E-state index contributed by atoms with van der Waals surface area (Å²) in [5.41, 5.74) is -1.46. The number of likely N-dealkylation sites (tertiary alicyclic amines) is 1. The third-order valence-electron chi connectivity index (χ3n) is 4.94. The standard InChI is InChI=1S/C19H17ClF3N5O2/c1-11-25-17(30-26-11)12-3-2-8-27(10-12)18(29)15-9-24-28(16(15)19(21,22)23)14-6-4-13(20)5-7-14/h4-7,9,12H,2-3,8,10H2,1H3. The van der Waals surface area contributed by atoms with Crippen molar-refractivity contribution in [3.05, 3.63) is 58.5 Å². The number of hydrogen-bond donors (Lipinski definition) is 0. The number of halogens is 4. The first-order valence-corrected chi connectivity index (χ1v) is 9.62. The van der Waals surface area contributed by atoms with Crippen molar-refractivity contribution in [3.8, 4) is 5.69 Å². The second kappa shape index (κ2) is 7.75. The number of hydrogen-bond acceptors (Lipinski definition) is 5. The number of aryl methyl sites for hydroxylation is 1. The van der Waals surface area contributed by atoms with E-state index in [1.54, 1.807) is 6.92 Å². The molecule has 1 aliphatic heterocycles. The fourth-order valence-electron chi connectivity index (χ4n) is 3.57. The third-order valence-corrected chi connectivity index (χ3v) is 5.19. The lowest BCUT2D eigenvalue weighted by atomic mass is 9.97. The highest BCUT2D eigenvalue weighted by molar-refractivity contribution is 6.30. The molecule has 0 spiro atoms. The number of rotatable bonds is 3. The van der Waals surface area contributed by atoms with Crippen molar-refractivity contribution >= 4 is 17.5 Å². The van der Waals surface area contributed by atoms with Crippen LogP contribution in [0.3, 0.4) is 0 Å². The number of carbonyl (C=O) groups excluding carboxylic acids is 1. The SMILES string of the molecule is Cc1noc(C2CCCN(C(=O)c3cnn(-c4ccc(Cl)cc4)c3C(F)(F)F)C2)n1. The lowest BCUT2D eigenvalue weighted by Crippen LogP contribution is -2.40. The summed E-state index contributed by atoms with van der Waals surface area (Å²) in [6.45, 7) is 2.22. The summed E-state index contributed by atoms with van der Waals surface area (Å²) in [4.78, 5) is 18.6. The zero-order valence-corrected chi connectivity index (χ0v) is 16.6. The number of piperidine rings is 1. The number of aromatic nitrogens is 4. The van der Waals surface area contributed by atoms with Gasteiger partial charge in [-0.15, -0.1) is 0 Å². The molecule has 7 nitrogen and oxygen atoms in total. The highest BCUT2D eigenvalue weighted by Crippen LogP contribution is 2.35. The Kier molecular flexibility index (Phi) is 5.27. The van der Waals surface area contributed by atoms with Gasteiger partial charge < -0.3 is 9.42 Å². The normalized spacial score (nSPS) is 17.4. The van der Waals surface area contributed by atoms with E-state index < -0.39 is 23.3 Å². The zero-order valence-electron chi connectivity index (χ0n) is 15.9. The summed E-state index contributed by atoms with van der Waals surface area (Å²) >= 11 is 5.82. The van der Waals surface area contributed by atoms with Crippen molar-refractivity contribution in [1.82, 2.24) is 24.8 Å². The van der Waals surface area contributed by atoms with Gasteiger partial charge in [0.15, 0.2) is 11.5 Å². The summed E-state index contributed by atoms with van der Waals surface area (Å²) in [6, 6.07) is 5.74. The smallest absolute Gasteiger partial charge is 0.339 e. The maximum atomic E-state index is 13.9. The van der Waals surface area contributed by atoms with Crippen LogP contribution < -0.4 is 0 Å². The van der Waals surface area contributed by atoms with Crippen molar-refractivity contribution in [2.24, 2.45) is 0 Å². The van der Waals surface area contributed by atoms with Gasteiger partial charge in [0.1, 0.15) is 0 Å². The van der Waals surface area contributed by atoms with E-state index in [1.807, 2.05) is 0 Å². The molecular formula is C19H17ClF3N5O2. The Bertz CT molecular complexity index is 1060. The van der Waals surface area contributed by atoms with Crippen molar-refractivity contribution in [1.29, 1.82) is 0 Å². The van der Waals surface area contributed by atoms with Gasteiger partial charge in [-0.1, -0.05) is 16.8 Å². The number of nitrogens with zero attached hydrogens (tertiary/aromatic N) is 5. The highest BCUT2D eigenvalue weighted by atomic mass is 35.5. The summed E-state index contributed by atoms with van der Waals surface area (Å²) in [5.74, 6) is -0.0945. The molecule has 158 valence electrons. The molecule has 11 heteroatoms. The molecule has 0 N–H and O–H groups in total. The van der Waals surface area contributed by atoms with E-state index in [1.165, 1.54) is 29.2 Å². The van der Waals surface area contributed by atoms with Gasteiger partial charge in [0.05, 0.1) is 23.4 Å². The minimum atomic E-state index is -4.78. The van der Waals surface area contributed by atoms with Gasteiger partial charge in [0.2, 0.25) is 5.89 Å². The maximum absolute atomic E-state index is 13.9. The van der Waals surface area contributed by atoms with Crippen LogP contribution in [0.1, 0.15) is 46.5 Å². The van der Waals surface area contributed by atoms with Gasteiger partial charge in [0.25, 0.3) is 5.91 Å². The first-order chi connectivity index (χ1) is 14.2. The number of amides is 1. The number of alkyl halides is 3. The van der Waals surface area contributed by atoms with Crippen LogP contribution in [0.15, 0.2) is 35.0 Å². The molecule has 0 bridgehead atoms. The topological polar surface area (TPSA) is 77.0 Å². The molecule has 30 heavy (non-hydrogen) atoms. The molecule has 0 saturated carbocycles. The van der Waals surface area contributed by atoms with E-state index in [0.29, 0.717) is 40.8 Å². The summed E-state index contributed by atoms with van der Waals surface area (Å²) in [6.07, 6.45) is -2.49. The molecule has 1 amide bonds. The van der Waals surface area contributed by atoms with E-state index in [0.717, 1.165) is 6.20 Å². The Labute approximate surface area is 174 Å². The van der Waals surface area contributed by atoms with Gasteiger partial charge >= 0.3 is 6.18 Å². The minimum absolute atomic E-state index is 0.156. The molecule has 2 aromatic heterocycles. The Morgan fingerprint density at radius 3 is 2.63 bits per heavy atom. The largest absolute Gasteiger partial charge is 0.434 e. The third kappa shape index (κ3) is 3.91. The first-order valence-electron chi connectivity index (χ1n) is 9.24. The molecule has 1 aliphatic rings. The second-order valence-corrected chi connectivity index (χ2v) is 7.50. The van der Waals surface area contributed by atoms with Gasteiger partial charge in [-0.3, -0.25) is 4.79 Å². The molecule has 1 unspecified atom stereocenters. The van der Waals surface area contributed by atoms with Gasteiger partial charge in [0, 0.05) is 18.1 Å². The van der Waals surface area contributed by atoms with E-state index in [-0.39, 0.29) is 18.2 Å². The molecule has 3 aromatic rings. The molecule has 1 atom stereocenters. The van der Waals surface area contributed by atoms with Crippen molar-refractivity contribution in [2.45, 2.75) is 31.9 Å². The molecule has 1 aromatic carbocycles. The molecule has 4 rings (SSSR count). The average molecular weight is 440 g/mol. The number of carbonyl (C=O) groups is 1. The zero-order chi connectivity index (χ0) is 21.5. The van der Waals surface area contributed by atoms with Crippen LogP contribution in [0.5, 0.6) is 0 Å². The molecule has 0 radical (unpaired) electrons. The van der Waals surface area contributed by atoms with Crippen LogP contribution in [-0.4, -0.2) is 43.8 Å². The van der Waals surface area contributed by atoms with E-state index in [4.69, 9.17) is 16.1 Å². The predicted octanol–water partition coefficient (Wildman–Crippen LogP) is 4.26.